The lowest BCUT2D eigenvalue weighted by Gasteiger charge is -2.46. The maximum absolute atomic E-state index is 7.67. The highest BCUT2D eigenvalue weighted by Gasteiger charge is 2.50. The van der Waals surface area contributed by atoms with Gasteiger partial charge in [-0.1, -0.05) is 158 Å². The molecule has 0 saturated heterocycles. The first kappa shape index (κ1) is 44.1. The summed E-state index contributed by atoms with van der Waals surface area (Å²) in [5.74, 6) is 0.919. The molecule has 0 fully saturated rings. The molecule has 0 amide bonds. The summed E-state index contributed by atoms with van der Waals surface area (Å²) in [6.07, 6.45) is 4.65. The van der Waals surface area contributed by atoms with Gasteiger partial charge in [0.25, 0.3) is 0 Å². The van der Waals surface area contributed by atoms with Crippen molar-refractivity contribution in [1.29, 1.82) is 0 Å². The van der Waals surface area contributed by atoms with Crippen LogP contribution in [-0.2, 0) is 32.5 Å². The summed E-state index contributed by atoms with van der Waals surface area (Å²) in [5.41, 5.74) is 23.3. The van der Waals surface area contributed by atoms with Gasteiger partial charge in [-0.15, -0.1) is 0 Å². The SMILES string of the molecule is Cc1cc2c3c(c1)N(c1ccc(C(C)(C)C)cc1-c1ccccc1)c1oc4cc5c(cc4c1B3N(c1ccc3c(c1)C(C)(C)CCC3(C)C)c1cc(C(C)(C)C)ccc1-2)C(C)(C)CCC5(C)C. The van der Waals surface area contributed by atoms with Crippen molar-refractivity contribution in [3.8, 4) is 22.3 Å². The molecule has 1 aromatic heterocycles. The Morgan fingerprint density at radius 2 is 1.07 bits per heavy atom. The highest BCUT2D eigenvalue weighted by molar-refractivity contribution is 6.95. The third-order valence-electron chi connectivity index (χ3n) is 16.9. The second-order valence-electron chi connectivity index (χ2n) is 25.7. The van der Waals surface area contributed by atoms with E-state index in [2.05, 4.69) is 223 Å². The minimum atomic E-state index is -0.162. The first-order valence-corrected chi connectivity index (χ1v) is 25.2. The van der Waals surface area contributed by atoms with Gasteiger partial charge in [-0.25, -0.2) is 0 Å². The molecular weight excluding hydrogens is 812 g/mol. The number of furan rings is 1. The summed E-state index contributed by atoms with van der Waals surface area (Å²) >= 11 is 0. The molecule has 0 bridgehead atoms. The Hall–Kier alpha value is -5.48. The normalized spacial score (nSPS) is 18.5. The topological polar surface area (TPSA) is 19.6 Å². The van der Waals surface area contributed by atoms with Crippen LogP contribution >= 0.6 is 0 Å². The first-order chi connectivity index (χ1) is 31.4. The van der Waals surface area contributed by atoms with Gasteiger partial charge in [0.2, 0.25) is 5.88 Å². The van der Waals surface area contributed by atoms with Crippen molar-refractivity contribution in [2.75, 3.05) is 9.71 Å². The molecule has 4 heteroatoms. The Morgan fingerprint density at radius 3 is 1.72 bits per heavy atom. The molecule has 0 saturated carbocycles. The van der Waals surface area contributed by atoms with Crippen LogP contribution in [0.1, 0.15) is 162 Å². The number of rotatable bonds is 3. The standard InChI is InChI=1S/C63H71BN2O/c1-38-31-45-43-24-21-41(59(5,6)7)34-52(43)66(42-23-25-47-48(35-42)61(10,11)28-27-60(47,8)9)64-55(45)53(32-38)65(51-26-22-40(58(2,3)4)33-44(51)39-19-17-16-18-20-39)57-56(64)46-36-49-50(37-54(46)67-57)63(14,15)30-29-62(49,12)13/h16-26,31-37H,27-30H2,1-15H3. The number of benzene rings is 6. The van der Waals surface area contributed by atoms with Gasteiger partial charge in [0.15, 0.2) is 0 Å². The van der Waals surface area contributed by atoms with E-state index < -0.39 is 0 Å². The summed E-state index contributed by atoms with van der Waals surface area (Å²) in [4.78, 5) is 5.26. The van der Waals surface area contributed by atoms with Crippen molar-refractivity contribution in [3.05, 3.63) is 148 Å². The molecule has 3 nitrogen and oxygen atoms in total. The monoisotopic (exact) mass is 883 g/mol. The van der Waals surface area contributed by atoms with Gasteiger partial charge in [0, 0.05) is 39.0 Å². The van der Waals surface area contributed by atoms with E-state index in [0.29, 0.717) is 0 Å². The van der Waals surface area contributed by atoms with Crippen LogP contribution in [-0.4, -0.2) is 6.85 Å². The molecular formula is C63H71BN2O. The molecule has 2 aliphatic carbocycles. The first-order valence-electron chi connectivity index (χ1n) is 25.2. The van der Waals surface area contributed by atoms with Crippen molar-refractivity contribution in [3.63, 3.8) is 0 Å². The average Bonchev–Trinajstić information content (AvgIpc) is 3.64. The molecule has 0 radical (unpaired) electrons. The molecule has 0 atom stereocenters. The molecule has 11 rings (SSSR count). The van der Waals surface area contributed by atoms with Crippen LogP contribution in [0.5, 0.6) is 0 Å². The highest BCUT2D eigenvalue weighted by Crippen LogP contribution is 2.54. The van der Waals surface area contributed by atoms with E-state index >= 15 is 0 Å². The van der Waals surface area contributed by atoms with Gasteiger partial charge in [-0.3, -0.25) is 4.90 Å². The molecule has 7 aromatic rings. The largest absolute Gasteiger partial charge is 0.440 e. The fourth-order valence-corrected chi connectivity index (χ4v) is 12.4. The maximum Gasteiger partial charge on any atom is 0.337 e. The molecule has 3 heterocycles. The van der Waals surface area contributed by atoms with E-state index in [0.717, 1.165) is 36.4 Å². The number of fused-ring (bicyclic) bond motifs is 8. The van der Waals surface area contributed by atoms with Crippen molar-refractivity contribution in [2.45, 2.75) is 162 Å². The van der Waals surface area contributed by atoms with Gasteiger partial charge < -0.3 is 9.23 Å². The molecule has 0 spiro atoms. The molecule has 6 aromatic carbocycles. The summed E-state index contributed by atoms with van der Waals surface area (Å²) < 4.78 is 7.67. The summed E-state index contributed by atoms with van der Waals surface area (Å²) in [6, 6.07) is 43.0. The predicted molar refractivity (Wildman–Crippen MR) is 288 cm³/mol. The number of hydrogen-bond donors (Lipinski definition) is 0. The lowest BCUT2D eigenvalue weighted by atomic mass is 9.43. The third-order valence-corrected chi connectivity index (χ3v) is 16.9. The number of aryl methyl sites for hydroxylation is 1. The van der Waals surface area contributed by atoms with E-state index in [1.54, 1.807) is 0 Å². The van der Waals surface area contributed by atoms with Crippen LogP contribution < -0.4 is 20.6 Å². The Labute approximate surface area is 402 Å². The second kappa shape index (κ2) is 14.3. The molecule has 4 aliphatic rings. The molecule has 2 aliphatic heterocycles. The van der Waals surface area contributed by atoms with E-state index in [1.807, 2.05) is 0 Å². The minimum absolute atomic E-state index is 0.0261. The lowest BCUT2D eigenvalue weighted by Crippen LogP contribution is -2.61. The number of nitrogens with zero attached hydrogens (tertiary/aromatic N) is 2. The van der Waals surface area contributed by atoms with Gasteiger partial charge >= 0.3 is 6.85 Å². The van der Waals surface area contributed by atoms with Gasteiger partial charge in [-0.2, -0.15) is 0 Å². The van der Waals surface area contributed by atoms with Crippen molar-refractivity contribution >= 4 is 57.4 Å². The minimum Gasteiger partial charge on any atom is -0.440 e. The Morgan fingerprint density at radius 1 is 0.493 bits per heavy atom. The van der Waals surface area contributed by atoms with Gasteiger partial charge in [0.05, 0.1) is 5.69 Å². The number of hydrogen-bond acceptors (Lipinski definition) is 3. The smallest absolute Gasteiger partial charge is 0.337 e. The van der Waals surface area contributed by atoms with Crippen LogP contribution in [0.25, 0.3) is 33.2 Å². The second-order valence-corrected chi connectivity index (χ2v) is 25.7. The van der Waals surface area contributed by atoms with Crippen molar-refractivity contribution in [1.82, 2.24) is 0 Å². The van der Waals surface area contributed by atoms with Crippen LogP contribution in [0, 0.1) is 6.92 Å². The molecule has 0 N–H and O–H groups in total. The maximum atomic E-state index is 7.67. The number of anilines is 5. The lowest BCUT2D eigenvalue weighted by molar-refractivity contribution is 0.332. The molecule has 0 unspecified atom stereocenters. The van der Waals surface area contributed by atoms with Crippen LogP contribution in [0.4, 0.5) is 28.6 Å². The highest BCUT2D eigenvalue weighted by atomic mass is 16.4. The van der Waals surface area contributed by atoms with Gasteiger partial charge in [0.1, 0.15) is 5.58 Å². The summed E-state index contributed by atoms with van der Waals surface area (Å²) in [6.45, 7) is 35.7. The van der Waals surface area contributed by atoms with E-state index in [9.17, 15) is 0 Å². The zero-order chi connectivity index (χ0) is 47.5. The quantitative estimate of drug-likeness (QED) is 0.165. The van der Waals surface area contributed by atoms with E-state index in [1.165, 1.54) is 101 Å². The Bertz CT molecular complexity index is 3180. The van der Waals surface area contributed by atoms with Crippen LogP contribution in [0.15, 0.2) is 114 Å². The summed E-state index contributed by atoms with van der Waals surface area (Å²) in [7, 11) is 0. The zero-order valence-electron chi connectivity index (χ0n) is 43.1. The molecule has 342 valence electrons. The Kier molecular flexibility index (Phi) is 9.39. The molecule has 67 heavy (non-hydrogen) atoms. The fourth-order valence-electron chi connectivity index (χ4n) is 12.4. The van der Waals surface area contributed by atoms with Gasteiger partial charge in [-0.05, 0) is 169 Å². The van der Waals surface area contributed by atoms with Crippen LogP contribution in [0.3, 0.4) is 0 Å². The summed E-state index contributed by atoms with van der Waals surface area (Å²) in [5, 5.41) is 1.22. The Balaban J connectivity index is 1.30. The third kappa shape index (κ3) is 6.73. The van der Waals surface area contributed by atoms with E-state index in [4.69, 9.17) is 4.42 Å². The van der Waals surface area contributed by atoms with Crippen LogP contribution in [0.2, 0.25) is 0 Å². The van der Waals surface area contributed by atoms with Crippen molar-refractivity contribution in [2.24, 2.45) is 0 Å². The zero-order valence-corrected chi connectivity index (χ0v) is 43.1. The fraction of sp³-hybridized carbons (Fsp3) is 0.397. The van der Waals surface area contributed by atoms with Crippen molar-refractivity contribution < 1.29 is 4.42 Å². The predicted octanol–water partition coefficient (Wildman–Crippen LogP) is 16.4. The average molecular weight is 883 g/mol. The van der Waals surface area contributed by atoms with E-state index in [-0.39, 0.29) is 39.3 Å².